The molecule has 0 radical (unpaired) electrons. The van der Waals surface area contributed by atoms with E-state index in [0.717, 1.165) is 16.5 Å². The quantitative estimate of drug-likeness (QED) is 0.136. The van der Waals surface area contributed by atoms with E-state index in [0.29, 0.717) is 52.5 Å². The zero-order chi connectivity index (χ0) is 28.1. The van der Waals surface area contributed by atoms with Crippen LogP contribution in [0.25, 0.3) is 22.2 Å². The van der Waals surface area contributed by atoms with Gasteiger partial charge in [-0.25, -0.2) is 22.8 Å². The van der Waals surface area contributed by atoms with Gasteiger partial charge in [-0.15, -0.1) is 34.0 Å². The number of furan rings is 1. The van der Waals surface area contributed by atoms with E-state index in [-0.39, 0.29) is 52.1 Å². The molecule has 42 heavy (non-hydrogen) atoms. The predicted molar refractivity (Wildman–Crippen MR) is 175 cm³/mol. The molecule has 0 atom stereocenters. The number of nitrogens with one attached hydrogen (secondary N) is 2. The van der Waals surface area contributed by atoms with Crippen molar-refractivity contribution in [3.63, 3.8) is 0 Å². The van der Waals surface area contributed by atoms with Crippen LogP contribution in [0.5, 0.6) is 5.75 Å². The van der Waals surface area contributed by atoms with Gasteiger partial charge >= 0.3 is 0 Å². The lowest BCUT2D eigenvalue weighted by Crippen LogP contribution is -2.21. The predicted octanol–water partition coefficient (Wildman–Crippen LogP) is 7.29. The molecule has 0 aliphatic heterocycles. The number of ether oxygens (including phenoxy) is 1. The summed E-state index contributed by atoms with van der Waals surface area (Å²) in [6, 6.07) is 21.0. The molecule has 3 aromatic carbocycles. The van der Waals surface area contributed by atoms with Crippen molar-refractivity contribution in [3.8, 4) is 17.1 Å². The zero-order valence-corrected chi connectivity index (χ0v) is 27.3. The minimum Gasteiger partial charge on any atom is -0.487 e. The highest BCUT2D eigenvalue weighted by Gasteiger charge is 2.11. The molecule has 13 heteroatoms. The number of fused-ring (bicyclic) bond motifs is 1. The van der Waals surface area contributed by atoms with Crippen LogP contribution in [-0.4, -0.2) is 36.9 Å². The van der Waals surface area contributed by atoms with E-state index in [4.69, 9.17) is 20.8 Å². The van der Waals surface area contributed by atoms with E-state index < -0.39 is 9.84 Å². The smallest absolute Gasteiger partial charge is 0.148 e. The normalized spacial score (nSPS) is 11.0. The van der Waals surface area contributed by atoms with Crippen LogP contribution in [0, 0.1) is 5.82 Å². The molecule has 2 N–H and O–H groups in total. The zero-order valence-electron chi connectivity index (χ0n) is 22.3. The van der Waals surface area contributed by atoms with E-state index in [1.165, 1.54) is 24.7 Å². The van der Waals surface area contributed by atoms with Crippen molar-refractivity contribution < 1.29 is 22.0 Å². The van der Waals surface area contributed by atoms with Crippen LogP contribution in [0.2, 0.25) is 5.02 Å². The molecule has 0 amide bonds. The third kappa shape index (κ3) is 8.98. The van der Waals surface area contributed by atoms with Crippen LogP contribution in [0.4, 0.5) is 15.9 Å². The van der Waals surface area contributed by atoms with Crippen molar-refractivity contribution in [3.05, 3.63) is 101 Å². The SMILES string of the molecule is Br.Br.CS(=O)(=O)CCNCc1ccc(-c2ccc3ncnc(Nc4ccc(OCc5cccc(F)c5)c(Cl)c4)c3c2)o1. The third-order valence-electron chi connectivity index (χ3n) is 6.01. The van der Waals surface area contributed by atoms with Gasteiger partial charge in [0.15, 0.2) is 0 Å². The summed E-state index contributed by atoms with van der Waals surface area (Å²) in [6.07, 6.45) is 2.69. The van der Waals surface area contributed by atoms with Crippen LogP contribution in [0.15, 0.2) is 83.5 Å². The van der Waals surface area contributed by atoms with E-state index in [2.05, 4.69) is 20.6 Å². The highest BCUT2D eigenvalue weighted by molar-refractivity contribution is 8.93. The molecule has 5 rings (SSSR count). The molecule has 0 saturated heterocycles. The number of aromatic nitrogens is 2. The number of sulfone groups is 1. The molecule has 0 fully saturated rings. The van der Waals surface area contributed by atoms with Gasteiger partial charge in [-0.2, -0.15) is 0 Å². The lowest BCUT2D eigenvalue weighted by molar-refractivity contribution is 0.306. The van der Waals surface area contributed by atoms with Gasteiger partial charge < -0.3 is 19.8 Å². The second-order valence-electron chi connectivity index (χ2n) is 9.22. The molecule has 0 saturated carbocycles. The van der Waals surface area contributed by atoms with Gasteiger partial charge in [-0.05, 0) is 66.2 Å². The largest absolute Gasteiger partial charge is 0.487 e. The summed E-state index contributed by atoms with van der Waals surface area (Å²) in [4.78, 5) is 8.80. The average molecular weight is 743 g/mol. The van der Waals surface area contributed by atoms with Gasteiger partial charge in [0.05, 0.1) is 22.8 Å². The van der Waals surface area contributed by atoms with Gasteiger partial charge in [0.2, 0.25) is 0 Å². The first kappa shape index (κ1) is 33.5. The number of hydrogen-bond acceptors (Lipinski definition) is 8. The van der Waals surface area contributed by atoms with Gasteiger partial charge in [-0.1, -0.05) is 23.7 Å². The molecule has 0 spiro atoms. The Morgan fingerprint density at radius 2 is 1.83 bits per heavy atom. The van der Waals surface area contributed by atoms with Crippen molar-refractivity contribution >= 4 is 77.8 Å². The highest BCUT2D eigenvalue weighted by atomic mass is 79.9. The fourth-order valence-corrected chi connectivity index (χ4v) is 4.78. The average Bonchev–Trinajstić information content (AvgIpc) is 3.39. The van der Waals surface area contributed by atoms with E-state index >= 15 is 0 Å². The van der Waals surface area contributed by atoms with Crippen LogP contribution in [-0.2, 0) is 23.0 Å². The molecule has 222 valence electrons. The standard InChI is InChI=1S/C29H26ClFN4O4S.2BrH/c1-40(36,37)12-11-32-16-23-7-10-27(39-23)20-5-8-26-24(14-20)29(34-18-33-26)35-22-6-9-28(25(30)15-22)38-17-19-3-2-4-21(31)13-19;;/h2-10,13-15,18,32H,11-12,16-17H2,1H3,(H,33,34,35);2*1H. The summed E-state index contributed by atoms with van der Waals surface area (Å²) in [7, 11) is -3.02. The summed E-state index contributed by atoms with van der Waals surface area (Å²) in [5, 5.41) is 7.56. The molecule has 0 unspecified atom stereocenters. The molecule has 0 aliphatic rings. The Hall–Kier alpha value is -3.03. The first-order chi connectivity index (χ1) is 19.2. The minimum atomic E-state index is -3.02. The maximum absolute atomic E-state index is 13.4. The Morgan fingerprint density at radius 1 is 1.00 bits per heavy atom. The Labute approximate surface area is 269 Å². The van der Waals surface area contributed by atoms with Gasteiger partial charge in [-0.3, -0.25) is 0 Å². The Morgan fingerprint density at radius 3 is 2.60 bits per heavy atom. The second-order valence-corrected chi connectivity index (χ2v) is 11.9. The number of anilines is 2. The summed E-state index contributed by atoms with van der Waals surface area (Å²) < 4.78 is 47.8. The van der Waals surface area contributed by atoms with Crippen molar-refractivity contribution in [2.24, 2.45) is 0 Å². The van der Waals surface area contributed by atoms with E-state index in [9.17, 15) is 12.8 Å². The highest BCUT2D eigenvalue weighted by Crippen LogP contribution is 2.32. The molecular weight excluding hydrogens is 715 g/mol. The molecule has 0 bridgehead atoms. The first-order valence-corrected chi connectivity index (χ1v) is 14.8. The van der Waals surface area contributed by atoms with Gasteiger partial charge in [0.25, 0.3) is 0 Å². The molecule has 8 nitrogen and oxygen atoms in total. The number of hydrogen-bond donors (Lipinski definition) is 2. The van der Waals surface area contributed by atoms with E-state index in [1.54, 1.807) is 24.3 Å². The summed E-state index contributed by atoms with van der Waals surface area (Å²) in [5.41, 5.74) is 2.99. The maximum Gasteiger partial charge on any atom is 0.148 e. The Kier molecular flexibility index (Phi) is 11.9. The summed E-state index contributed by atoms with van der Waals surface area (Å²) in [5.74, 6) is 2.17. The van der Waals surface area contributed by atoms with Crippen LogP contribution in [0.3, 0.4) is 0 Å². The van der Waals surface area contributed by atoms with Gasteiger partial charge in [0.1, 0.15) is 51.7 Å². The molecule has 0 aliphatic carbocycles. The number of rotatable bonds is 11. The fourth-order valence-electron chi connectivity index (χ4n) is 4.03. The Bertz CT molecular complexity index is 1770. The Balaban J connectivity index is 0.00000242. The molecular formula is C29H28Br2ClFN4O4S. The molecule has 2 heterocycles. The van der Waals surface area contributed by atoms with Crippen molar-refractivity contribution in [2.45, 2.75) is 13.2 Å². The lowest BCUT2D eigenvalue weighted by Gasteiger charge is -2.12. The fraction of sp³-hybridized carbons (Fsp3) is 0.172. The third-order valence-corrected chi connectivity index (χ3v) is 7.25. The summed E-state index contributed by atoms with van der Waals surface area (Å²) >= 11 is 6.47. The van der Waals surface area contributed by atoms with Gasteiger partial charge in [0, 0.05) is 29.4 Å². The second kappa shape index (κ2) is 14.9. The first-order valence-electron chi connectivity index (χ1n) is 12.4. The molecule has 5 aromatic rings. The minimum absolute atomic E-state index is 0. The number of halogens is 4. The lowest BCUT2D eigenvalue weighted by atomic mass is 10.1. The summed E-state index contributed by atoms with van der Waals surface area (Å²) in [6.45, 7) is 0.956. The van der Waals surface area contributed by atoms with Crippen molar-refractivity contribution in [1.29, 1.82) is 0 Å². The monoisotopic (exact) mass is 740 g/mol. The van der Waals surface area contributed by atoms with Crippen molar-refractivity contribution in [1.82, 2.24) is 15.3 Å². The van der Waals surface area contributed by atoms with Crippen molar-refractivity contribution in [2.75, 3.05) is 23.9 Å². The number of benzene rings is 3. The van der Waals surface area contributed by atoms with E-state index in [1.807, 2.05) is 36.4 Å². The topological polar surface area (TPSA) is 106 Å². The van der Waals surface area contributed by atoms with Crippen LogP contribution < -0.4 is 15.4 Å². The van der Waals surface area contributed by atoms with Crippen LogP contribution in [0.1, 0.15) is 11.3 Å². The van der Waals surface area contributed by atoms with Crippen LogP contribution >= 0.6 is 45.6 Å². The molecule has 2 aromatic heterocycles. The maximum atomic E-state index is 13.4. The number of nitrogens with zero attached hydrogens (tertiary/aromatic N) is 2.